The number of nitrogens with zero attached hydrogens (tertiary/aromatic N) is 2. The van der Waals surface area contributed by atoms with Crippen molar-refractivity contribution >= 4 is 11.8 Å². The number of carbonyl (C=O) groups excluding carboxylic acids is 2. The fourth-order valence-corrected chi connectivity index (χ4v) is 3.76. The molecule has 2 saturated heterocycles. The number of likely N-dealkylation sites (N-methyl/N-ethyl adjacent to an activating group) is 1. The van der Waals surface area contributed by atoms with E-state index in [1.807, 2.05) is 0 Å². The topological polar surface area (TPSA) is 40.6 Å². The molecule has 0 N–H and O–H groups in total. The molecule has 2 aliphatic heterocycles. The van der Waals surface area contributed by atoms with Crippen LogP contribution in [0.25, 0.3) is 0 Å². The molecule has 22 heavy (non-hydrogen) atoms. The van der Waals surface area contributed by atoms with E-state index in [2.05, 4.69) is 0 Å². The Morgan fingerprint density at radius 2 is 1.91 bits per heavy atom. The third kappa shape index (κ3) is 2.19. The van der Waals surface area contributed by atoms with Gasteiger partial charge in [-0.3, -0.25) is 9.59 Å². The molecule has 1 atom stereocenters. The minimum atomic E-state index is -0.688. The molecule has 5 heteroatoms. The molecule has 1 aromatic carbocycles. The van der Waals surface area contributed by atoms with Gasteiger partial charge in [0.25, 0.3) is 5.91 Å². The number of rotatable bonds is 1. The second kappa shape index (κ2) is 5.38. The Kier molecular flexibility index (Phi) is 3.67. The minimum Gasteiger partial charge on any atom is -0.344 e. The molecule has 1 unspecified atom stereocenters. The number of amides is 2. The van der Waals surface area contributed by atoms with Crippen molar-refractivity contribution < 1.29 is 14.0 Å². The van der Waals surface area contributed by atoms with Gasteiger partial charge in [-0.25, -0.2) is 4.39 Å². The largest absolute Gasteiger partial charge is 0.344 e. The van der Waals surface area contributed by atoms with Crippen LogP contribution in [0.4, 0.5) is 4.39 Å². The van der Waals surface area contributed by atoms with E-state index in [0.717, 1.165) is 32.2 Å². The van der Waals surface area contributed by atoms with Gasteiger partial charge in [0.2, 0.25) is 5.91 Å². The van der Waals surface area contributed by atoms with Crippen LogP contribution in [0.1, 0.15) is 41.6 Å². The summed E-state index contributed by atoms with van der Waals surface area (Å²) in [5, 5.41) is 0. The Bertz CT molecular complexity index is 631. The van der Waals surface area contributed by atoms with Crippen LogP contribution in [0.2, 0.25) is 0 Å². The molecule has 2 heterocycles. The summed E-state index contributed by atoms with van der Waals surface area (Å²) in [6, 6.07) is 4.40. The van der Waals surface area contributed by atoms with E-state index in [1.54, 1.807) is 29.8 Å². The zero-order chi connectivity index (χ0) is 15.9. The smallest absolute Gasteiger partial charge is 0.254 e. The monoisotopic (exact) mass is 304 g/mol. The van der Waals surface area contributed by atoms with E-state index in [0.29, 0.717) is 17.7 Å². The van der Waals surface area contributed by atoms with Gasteiger partial charge in [-0.1, -0.05) is 0 Å². The fourth-order valence-electron chi connectivity index (χ4n) is 3.76. The lowest BCUT2D eigenvalue weighted by Crippen LogP contribution is -2.60. The maximum Gasteiger partial charge on any atom is 0.254 e. The average Bonchev–Trinajstić information content (AvgIpc) is 2.91. The number of likely N-dealkylation sites (tertiary alicyclic amines) is 2. The van der Waals surface area contributed by atoms with Crippen LogP contribution in [0, 0.1) is 12.7 Å². The Morgan fingerprint density at radius 1 is 1.23 bits per heavy atom. The van der Waals surface area contributed by atoms with E-state index in [9.17, 15) is 14.0 Å². The second-order valence-electron chi connectivity index (χ2n) is 6.39. The van der Waals surface area contributed by atoms with Crippen LogP contribution in [0.15, 0.2) is 18.2 Å². The standard InChI is InChI=1S/C17H21FN2O2/c1-12-11-13(5-6-14(12)18)15(21)20-10-4-8-17(20)7-3-9-19(2)16(17)22/h5-6,11H,3-4,7-10H2,1-2H3. The van der Waals surface area contributed by atoms with Crippen molar-refractivity contribution in [3.63, 3.8) is 0 Å². The van der Waals surface area contributed by atoms with Crippen LogP contribution in [0.5, 0.6) is 0 Å². The molecule has 4 nitrogen and oxygen atoms in total. The molecule has 0 aromatic heterocycles. The van der Waals surface area contributed by atoms with Crippen LogP contribution in [0.3, 0.4) is 0 Å². The number of halogens is 1. The van der Waals surface area contributed by atoms with Gasteiger partial charge in [0.05, 0.1) is 0 Å². The first-order valence-electron chi connectivity index (χ1n) is 7.79. The highest BCUT2D eigenvalue weighted by Crippen LogP contribution is 2.38. The summed E-state index contributed by atoms with van der Waals surface area (Å²) < 4.78 is 13.4. The molecular weight excluding hydrogens is 283 g/mol. The van der Waals surface area contributed by atoms with Crippen LogP contribution in [-0.2, 0) is 4.79 Å². The van der Waals surface area contributed by atoms with Gasteiger partial charge in [0.15, 0.2) is 0 Å². The van der Waals surface area contributed by atoms with Gasteiger partial charge in [0.1, 0.15) is 11.4 Å². The van der Waals surface area contributed by atoms with Gasteiger partial charge in [-0.2, -0.15) is 0 Å². The normalized spacial score (nSPS) is 25.1. The Hall–Kier alpha value is -1.91. The van der Waals surface area contributed by atoms with E-state index < -0.39 is 5.54 Å². The molecule has 0 bridgehead atoms. The maximum atomic E-state index is 13.4. The third-order valence-corrected chi connectivity index (χ3v) is 4.97. The Morgan fingerprint density at radius 3 is 2.59 bits per heavy atom. The summed E-state index contributed by atoms with van der Waals surface area (Å²) in [5.74, 6) is -0.436. The van der Waals surface area contributed by atoms with Crippen LogP contribution >= 0.6 is 0 Å². The first-order valence-corrected chi connectivity index (χ1v) is 7.79. The molecule has 2 fully saturated rings. The lowest BCUT2D eigenvalue weighted by molar-refractivity contribution is -0.144. The van der Waals surface area contributed by atoms with Crippen molar-refractivity contribution in [1.29, 1.82) is 0 Å². The molecule has 1 aromatic rings. The first kappa shape index (κ1) is 15.0. The molecule has 3 rings (SSSR count). The zero-order valence-electron chi connectivity index (χ0n) is 13.1. The lowest BCUT2D eigenvalue weighted by atomic mass is 9.85. The highest BCUT2D eigenvalue weighted by molar-refractivity contribution is 6.00. The molecule has 2 aliphatic rings. The second-order valence-corrected chi connectivity index (χ2v) is 6.39. The predicted molar refractivity (Wildman–Crippen MR) is 81.0 cm³/mol. The van der Waals surface area contributed by atoms with Crippen molar-refractivity contribution in [3.8, 4) is 0 Å². The highest BCUT2D eigenvalue weighted by atomic mass is 19.1. The number of piperidine rings is 1. The summed E-state index contributed by atoms with van der Waals surface area (Å²) in [7, 11) is 1.80. The minimum absolute atomic E-state index is 0.0448. The zero-order valence-corrected chi connectivity index (χ0v) is 13.1. The van der Waals surface area contributed by atoms with E-state index in [-0.39, 0.29) is 17.6 Å². The number of aryl methyl sites for hydroxylation is 1. The van der Waals surface area contributed by atoms with Crippen molar-refractivity contribution in [1.82, 2.24) is 9.80 Å². The molecule has 1 spiro atoms. The highest BCUT2D eigenvalue weighted by Gasteiger charge is 2.52. The van der Waals surface area contributed by atoms with E-state index in [4.69, 9.17) is 0 Å². The van der Waals surface area contributed by atoms with Crippen molar-refractivity contribution in [2.45, 2.75) is 38.1 Å². The summed E-state index contributed by atoms with van der Waals surface area (Å²) in [6.45, 7) is 2.98. The third-order valence-electron chi connectivity index (χ3n) is 4.97. The molecule has 2 amide bonds. The molecule has 0 saturated carbocycles. The molecule has 0 radical (unpaired) electrons. The van der Waals surface area contributed by atoms with E-state index in [1.165, 1.54) is 12.1 Å². The van der Waals surface area contributed by atoms with Gasteiger partial charge in [-0.15, -0.1) is 0 Å². The van der Waals surface area contributed by atoms with Gasteiger partial charge in [0, 0.05) is 25.7 Å². The molecule has 118 valence electrons. The summed E-state index contributed by atoms with van der Waals surface area (Å²) in [5.41, 5.74) is 0.221. The quantitative estimate of drug-likeness (QED) is 0.799. The predicted octanol–water partition coefficient (Wildman–Crippen LogP) is 2.36. The number of benzene rings is 1. The van der Waals surface area contributed by atoms with Crippen molar-refractivity contribution in [2.75, 3.05) is 20.1 Å². The molecular formula is C17H21FN2O2. The van der Waals surface area contributed by atoms with Crippen LogP contribution in [-0.4, -0.2) is 47.3 Å². The number of hydrogen-bond acceptors (Lipinski definition) is 2. The summed E-state index contributed by atoms with van der Waals surface area (Å²) >= 11 is 0. The van der Waals surface area contributed by atoms with Gasteiger partial charge in [-0.05, 0) is 56.4 Å². The average molecular weight is 304 g/mol. The maximum absolute atomic E-state index is 13.4. The van der Waals surface area contributed by atoms with Crippen LogP contribution < -0.4 is 0 Å². The summed E-state index contributed by atoms with van der Waals surface area (Å²) in [4.78, 5) is 29.0. The molecule has 0 aliphatic carbocycles. The van der Waals surface area contributed by atoms with Gasteiger partial charge < -0.3 is 9.80 Å². The van der Waals surface area contributed by atoms with Crippen molar-refractivity contribution in [3.05, 3.63) is 35.1 Å². The van der Waals surface area contributed by atoms with Crippen molar-refractivity contribution in [2.24, 2.45) is 0 Å². The lowest BCUT2D eigenvalue weighted by Gasteiger charge is -2.43. The number of hydrogen-bond donors (Lipinski definition) is 0. The SMILES string of the molecule is Cc1cc(C(=O)N2CCCC23CCCN(C)C3=O)ccc1F. The fraction of sp³-hybridized carbons (Fsp3) is 0.529. The van der Waals surface area contributed by atoms with E-state index >= 15 is 0 Å². The van der Waals surface area contributed by atoms with Gasteiger partial charge >= 0.3 is 0 Å². The first-order chi connectivity index (χ1) is 10.5. The Balaban J connectivity index is 1.94. The number of carbonyl (C=O) groups is 2. The summed E-state index contributed by atoms with van der Waals surface area (Å²) in [6.07, 6.45) is 3.20. The Labute approximate surface area is 129 Å².